The zero-order valence-electron chi connectivity index (χ0n) is 13.0. The van der Waals surface area contributed by atoms with Gasteiger partial charge in [-0.3, -0.25) is 4.79 Å². The number of benzene rings is 1. The Morgan fingerprint density at radius 1 is 1.14 bits per heavy atom. The summed E-state index contributed by atoms with van der Waals surface area (Å²) in [7, 11) is 0. The Balaban J connectivity index is 0.00000144. The maximum absolute atomic E-state index is 12.7. The monoisotopic (exact) mass is 320 g/mol. The molecule has 1 N–H and O–H groups in total. The van der Waals surface area contributed by atoms with Gasteiger partial charge in [0.2, 0.25) is 5.91 Å². The first-order valence-corrected chi connectivity index (χ1v) is 8.42. The van der Waals surface area contributed by atoms with Gasteiger partial charge in [0, 0.05) is 6.04 Å². The van der Waals surface area contributed by atoms with Crippen molar-refractivity contribution in [2.75, 3.05) is 13.1 Å². The van der Waals surface area contributed by atoms with Crippen LogP contribution in [0.4, 0.5) is 0 Å². The average molecular weight is 321 g/mol. The van der Waals surface area contributed by atoms with Gasteiger partial charge in [-0.15, -0.1) is 12.4 Å². The maximum Gasteiger partial charge on any atom is 0.237 e. The number of carbonyl (C=O) groups excluding carboxylic acids is 1. The van der Waals surface area contributed by atoms with E-state index < -0.39 is 0 Å². The summed E-state index contributed by atoms with van der Waals surface area (Å²) < 4.78 is 0. The molecule has 120 valence electrons. The number of hydrogen-bond donors (Lipinski definition) is 1. The third kappa shape index (κ3) is 3.31. The van der Waals surface area contributed by atoms with Gasteiger partial charge >= 0.3 is 0 Å². The molecule has 0 aromatic heterocycles. The number of aryl methyl sites for hydroxylation is 1. The summed E-state index contributed by atoms with van der Waals surface area (Å²) in [6, 6.07) is 9.48. The fraction of sp³-hybridized carbons (Fsp3) is 0.611. The number of fused-ring (bicyclic) bond motifs is 1. The molecular formula is C18H25ClN2O. The Kier molecular flexibility index (Phi) is 4.74. The Labute approximate surface area is 138 Å². The van der Waals surface area contributed by atoms with Gasteiger partial charge in [0.05, 0.1) is 12.6 Å². The lowest BCUT2D eigenvalue weighted by atomic mass is 10.1. The lowest BCUT2D eigenvalue weighted by Gasteiger charge is -2.30. The second-order valence-corrected chi connectivity index (χ2v) is 6.86. The Bertz CT molecular complexity index is 540. The van der Waals surface area contributed by atoms with Crippen molar-refractivity contribution in [1.29, 1.82) is 0 Å². The Morgan fingerprint density at radius 3 is 2.64 bits per heavy atom. The van der Waals surface area contributed by atoms with Gasteiger partial charge in [-0.25, -0.2) is 0 Å². The van der Waals surface area contributed by atoms with Crippen LogP contribution in [0.15, 0.2) is 24.3 Å². The van der Waals surface area contributed by atoms with Gasteiger partial charge < -0.3 is 10.2 Å². The van der Waals surface area contributed by atoms with E-state index in [0.29, 0.717) is 24.5 Å². The van der Waals surface area contributed by atoms with Crippen molar-refractivity contribution in [3.63, 3.8) is 0 Å². The largest absolute Gasteiger partial charge is 0.332 e. The predicted octanol–water partition coefficient (Wildman–Crippen LogP) is 3.09. The van der Waals surface area contributed by atoms with Crippen molar-refractivity contribution >= 4 is 18.3 Å². The summed E-state index contributed by atoms with van der Waals surface area (Å²) in [6.45, 7) is 1.54. The minimum atomic E-state index is 0. The standard InChI is InChI=1S/C18H24N2O.ClH/c21-18(12-19-11-13-5-6-13)20(15-8-9-15)17-10-7-14-3-1-2-4-16(14)17;/h1-4,13,15,17,19H,5-12H2;1H. The quantitative estimate of drug-likeness (QED) is 0.873. The van der Waals surface area contributed by atoms with Crippen LogP contribution in [0.1, 0.15) is 49.3 Å². The fourth-order valence-corrected chi connectivity index (χ4v) is 3.60. The van der Waals surface area contributed by atoms with Crippen molar-refractivity contribution in [2.24, 2.45) is 5.92 Å². The third-order valence-electron chi connectivity index (χ3n) is 5.07. The highest BCUT2D eigenvalue weighted by Gasteiger charge is 2.40. The van der Waals surface area contributed by atoms with Crippen LogP contribution in [0.2, 0.25) is 0 Å². The van der Waals surface area contributed by atoms with Gasteiger partial charge in [0.25, 0.3) is 0 Å². The van der Waals surface area contributed by atoms with E-state index >= 15 is 0 Å². The summed E-state index contributed by atoms with van der Waals surface area (Å²) >= 11 is 0. The normalized spacial score (nSPS) is 22.8. The number of nitrogens with one attached hydrogen (secondary N) is 1. The van der Waals surface area contributed by atoms with Crippen LogP contribution in [0.25, 0.3) is 0 Å². The molecule has 1 atom stereocenters. The molecule has 3 aliphatic carbocycles. The van der Waals surface area contributed by atoms with E-state index in [1.165, 1.54) is 36.8 Å². The molecule has 0 aliphatic heterocycles. The number of nitrogens with zero attached hydrogens (tertiary/aromatic N) is 1. The summed E-state index contributed by atoms with van der Waals surface area (Å²) in [6.07, 6.45) is 7.27. The summed E-state index contributed by atoms with van der Waals surface area (Å²) in [5, 5.41) is 3.37. The molecule has 0 saturated heterocycles. The van der Waals surface area contributed by atoms with Crippen molar-refractivity contribution < 1.29 is 4.79 Å². The molecule has 0 heterocycles. The van der Waals surface area contributed by atoms with Crippen molar-refractivity contribution in [3.8, 4) is 0 Å². The highest BCUT2D eigenvalue weighted by molar-refractivity contribution is 5.85. The molecule has 22 heavy (non-hydrogen) atoms. The van der Waals surface area contributed by atoms with E-state index in [4.69, 9.17) is 0 Å². The van der Waals surface area contributed by atoms with Gasteiger partial charge in [-0.2, -0.15) is 0 Å². The lowest BCUT2D eigenvalue weighted by molar-refractivity contribution is -0.133. The van der Waals surface area contributed by atoms with Crippen molar-refractivity contribution in [3.05, 3.63) is 35.4 Å². The fourth-order valence-electron chi connectivity index (χ4n) is 3.60. The molecule has 2 saturated carbocycles. The van der Waals surface area contributed by atoms with Crippen LogP contribution in [0.5, 0.6) is 0 Å². The molecule has 0 radical (unpaired) electrons. The van der Waals surface area contributed by atoms with E-state index in [2.05, 4.69) is 34.5 Å². The van der Waals surface area contributed by atoms with Crippen LogP contribution in [0, 0.1) is 5.92 Å². The maximum atomic E-state index is 12.7. The van der Waals surface area contributed by atoms with Crippen LogP contribution in [0.3, 0.4) is 0 Å². The first kappa shape index (κ1) is 15.8. The summed E-state index contributed by atoms with van der Waals surface area (Å²) in [5.74, 6) is 1.14. The smallest absolute Gasteiger partial charge is 0.237 e. The van der Waals surface area contributed by atoms with E-state index in [1.54, 1.807) is 0 Å². The molecule has 4 heteroatoms. The van der Waals surface area contributed by atoms with Crippen molar-refractivity contribution in [2.45, 2.75) is 50.6 Å². The molecule has 1 aromatic carbocycles. The molecule has 1 unspecified atom stereocenters. The Hall–Kier alpha value is -1.06. The first-order valence-electron chi connectivity index (χ1n) is 8.42. The predicted molar refractivity (Wildman–Crippen MR) is 90.2 cm³/mol. The second kappa shape index (κ2) is 6.59. The molecule has 3 aliphatic rings. The topological polar surface area (TPSA) is 32.3 Å². The zero-order valence-corrected chi connectivity index (χ0v) is 13.8. The second-order valence-electron chi connectivity index (χ2n) is 6.86. The first-order chi connectivity index (χ1) is 10.3. The van der Waals surface area contributed by atoms with E-state index in [0.717, 1.165) is 25.3 Å². The minimum absolute atomic E-state index is 0. The van der Waals surface area contributed by atoms with Gasteiger partial charge in [-0.1, -0.05) is 24.3 Å². The average Bonchev–Trinajstić information content (AvgIpc) is 3.40. The molecular weight excluding hydrogens is 296 g/mol. The molecule has 3 nitrogen and oxygen atoms in total. The number of amides is 1. The minimum Gasteiger partial charge on any atom is -0.332 e. The third-order valence-corrected chi connectivity index (χ3v) is 5.07. The molecule has 2 fully saturated rings. The molecule has 4 rings (SSSR count). The van der Waals surface area contributed by atoms with Crippen molar-refractivity contribution in [1.82, 2.24) is 10.2 Å². The molecule has 0 bridgehead atoms. The van der Waals surface area contributed by atoms with E-state index in [-0.39, 0.29) is 12.4 Å². The van der Waals surface area contributed by atoms with Gasteiger partial charge in [-0.05, 0) is 62.1 Å². The Morgan fingerprint density at radius 2 is 1.91 bits per heavy atom. The van der Waals surface area contributed by atoms with E-state index in [9.17, 15) is 4.79 Å². The highest BCUT2D eigenvalue weighted by Crippen LogP contribution is 2.41. The van der Waals surface area contributed by atoms with Crippen LogP contribution < -0.4 is 5.32 Å². The van der Waals surface area contributed by atoms with E-state index in [1.807, 2.05) is 0 Å². The molecule has 1 aromatic rings. The van der Waals surface area contributed by atoms with Crippen LogP contribution >= 0.6 is 12.4 Å². The van der Waals surface area contributed by atoms with Crippen LogP contribution in [-0.2, 0) is 11.2 Å². The SMILES string of the molecule is Cl.O=C(CNCC1CC1)N(C1CC1)C1CCc2ccccc21. The van der Waals surface area contributed by atoms with Gasteiger partial charge in [0.15, 0.2) is 0 Å². The summed E-state index contributed by atoms with van der Waals surface area (Å²) in [5.41, 5.74) is 2.83. The van der Waals surface area contributed by atoms with Crippen LogP contribution in [-0.4, -0.2) is 29.9 Å². The number of halogens is 1. The number of rotatable bonds is 6. The number of hydrogen-bond acceptors (Lipinski definition) is 2. The molecule has 0 spiro atoms. The lowest BCUT2D eigenvalue weighted by Crippen LogP contribution is -2.41. The summed E-state index contributed by atoms with van der Waals surface area (Å²) in [4.78, 5) is 14.9. The number of carbonyl (C=O) groups is 1. The van der Waals surface area contributed by atoms with Gasteiger partial charge in [0.1, 0.15) is 0 Å². The highest BCUT2D eigenvalue weighted by atomic mass is 35.5. The molecule has 1 amide bonds. The zero-order chi connectivity index (χ0) is 14.2.